The summed E-state index contributed by atoms with van der Waals surface area (Å²) >= 11 is 0. The fourth-order valence-electron chi connectivity index (χ4n) is 2.51. The molecule has 1 aliphatic heterocycles. The van der Waals surface area contributed by atoms with Gasteiger partial charge >= 0.3 is 51.4 Å². The Morgan fingerprint density at radius 1 is 1.22 bits per heavy atom. The minimum atomic E-state index is 0. The van der Waals surface area contributed by atoms with E-state index >= 15 is 0 Å². The Kier molecular flexibility index (Phi) is 5.81. The van der Waals surface area contributed by atoms with E-state index in [0.717, 1.165) is 18.5 Å². The molecule has 1 aromatic carbocycles. The van der Waals surface area contributed by atoms with Crippen LogP contribution in [0, 0.1) is 7.43 Å². The number of hydrogen-bond donors (Lipinski definition) is 0. The topological polar surface area (TPSA) is 27.0 Å². The van der Waals surface area contributed by atoms with E-state index in [2.05, 4.69) is 42.3 Å². The van der Waals surface area contributed by atoms with Crippen molar-refractivity contribution < 1.29 is 51.4 Å². The summed E-state index contributed by atoms with van der Waals surface area (Å²) in [6.45, 7) is 5.40. The van der Waals surface area contributed by atoms with Crippen LogP contribution >= 0.6 is 0 Å². The van der Waals surface area contributed by atoms with Crippen LogP contribution in [-0.2, 0) is 6.42 Å². The van der Waals surface area contributed by atoms with Crippen LogP contribution in [0.4, 0.5) is 5.69 Å². The van der Waals surface area contributed by atoms with Crippen LogP contribution in [0.15, 0.2) is 24.4 Å². The van der Waals surface area contributed by atoms with E-state index < -0.39 is 0 Å². The molecular formula is C15H18KN2-. The summed E-state index contributed by atoms with van der Waals surface area (Å²) in [4.78, 5) is 4.46. The molecule has 0 saturated heterocycles. The van der Waals surface area contributed by atoms with Crippen LogP contribution in [0.2, 0.25) is 0 Å². The second-order valence-electron chi connectivity index (χ2n) is 4.64. The Labute approximate surface area is 152 Å². The van der Waals surface area contributed by atoms with E-state index in [1.807, 2.05) is 6.20 Å². The zero-order valence-corrected chi connectivity index (χ0v) is 14.8. The number of pyridine rings is 1. The number of nitrogens with zero attached hydrogens (tertiary/aromatic N) is 2. The molecule has 0 radical (unpaired) electrons. The third-order valence-corrected chi connectivity index (χ3v) is 3.29. The third kappa shape index (κ3) is 2.65. The zero-order chi connectivity index (χ0) is 11.1. The molecule has 1 aliphatic rings. The average Bonchev–Trinajstić information content (AvgIpc) is 2.76. The van der Waals surface area contributed by atoms with E-state index in [0.29, 0.717) is 5.92 Å². The Morgan fingerprint density at radius 3 is 2.72 bits per heavy atom. The molecule has 1 aromatic heterocycles. The minimum absolute atomic E-state index is 0. The largest absolute Gasteiger partial charge is 1.00 e. The molecule has 90 valence electrons. The van der Waals surface area contributed by atoms with Gasteiger partial charge in [-0.15, -0.1) is 12.2 Å². The molecular weight excluding hydrogens is 247 g/mol. The van der Waals surface area contributed by atoms with Gasteiger partial charge < -0.3 is 12.7 Å². The number of rotatable bonds is 1. The number of fused-ring (bicyclic) bond motifs is 3. The molecule has 3 heteroatoms. The van der Waals surface area contributed by atoms with Gasteiger partial charge in [0.15, 0.2) is 0 Å². The van der Waals surface area contributed by atoms with Crippen LogP contribution in [-0.4, -0.2) is 11.5 Å². The molecule has 0 atom stereocenters. The van der Waals surface area contributed by atoms with Gasteiger partial charge in [0.1, 0.15) is 0 Å². The van der Waals surface area contributed by atoms with Crippen molar-refractivity contribution >= 4 is 16.6 Å². The van der Waals surface area contributed by atoms with Crippen molar-refractivity contribution in [3.05, 3.63) is 48.3 Å². The van der Waals surface area contributed by atoms with Gasteiger partial charge in [-0.1, -0.05) is 25.5 Å². The maximum atomic E-state index is 4.52. The minimum Gasteiger partial charge on any atom is -0.684 e. The molecule has 0 bridgehead atoms. The second kappa shape index (κ2) is 6.48. The number of hydrogen-bond acceptors (Lipinski definition) is 1. The van der Waals surface area contributed by atoms with Crippen LogP contribution in [0.25, 0.3) is 16.2 Å². The average molecular weight is 265 g/mol. The first-order valence-electron chi connectivity index (χ1n) is 5.85. The molecule has 2 heterocycles. The van der Waals surface area contributed by atoms with Gasteiger partial charge in [-0.3, -0.25) is 4.98 Å². The smallest absolute Gasteiger partial charge is 0.684 e. The maximum Gasteiger partial charge on any atom is 1.00 e. The summed E-state index contributed by atoms with van der Waals surface area (Å²) in [7, 11) is 0. The summed E-state index contributed by atoms with van der Waals surface area (Å²) in [5, 5.41) is 5.87. The van der Waals surface area contributed by atoms with Gasteiger partial charge in [-0.25, -0.2) is 0 Å². The molecule has 0 fully saturated rings. The molecule has 2 aromatic rings. The van der Waals surface area contributed by atoms with E-state index in [4.69, 9.17) is 0 Å². The number of aromatic nitrogens is 1. The van der Waals surface area contributed by atoms with E-state index in [1.165, 1.54) is 22.2 Å². The SMILES string of the molecule is CC(C)c1ccnc2ccc3c(c12)CC[N-]3.[CH3-].[K+]. The van der Waals surface area contributed by atoms with Gasteiger partial charge in [-0.2, -0.15) is 0 Å². The monoisotopic (exact) mass is 265 g/mol. The van der Waals surface area contributed by atoms with Crippen molar-refractivity contribution in [1.82, 2.24) is 4.98 Å². The first-order valence-corrected chi connectivity index (χ1v) is 5.85. The first kappa shape index (κ1) is 16.1. The summed E-state index contributed by atoms with van der Waals surface area (Å²) in [6.07, 6.45) is 2.98. The van der Waals surface area contributed by atoms with Crippen molar-refractivity contribution in [3.63, 3.8) is 0 Å². The van der Waals surface area contributed by atoms with Crippen molar-refractivity contribution in [3.8, 4) is 0 Å². The predicted molar refractivity (Wildman–Crippen MR) is 73.8 cm³/mol. The van der Waals surface area contributed by atoms with Crippen LogP contribution in [0.1, 0.15) is 30.9 Å². The fourth-order valence-corrected chi connectivity index (χ4v) is 2.51. The predicted octanol–water partition coefficient (Wildman–Crippen LogP) is 1.37. The van der Waals surface area contributed by atoms with Gasteiger partial charge in [0.05, 0.1) is 5.52 Å². The quantitative estimate of drug-likeness (QED) is 0.565. The van der Waals surface area contributed by atoms with Gasteiger partial charge in [0.25, 0.3) is 0 Å². The molecule has 18 heavy (non-hydrogen) atoms. The van der Waals surface area contributed by atoms with E-state index in [9.17, 15) is 0 Å². The van der Waals surface area contributed by atoms with E-state index in [1.54, 1.807) is 0 Å². The summed E-state index contributed by atoms with van der Waals surface area (Å²) in [5.74, 6) is 0.539. The summed E-state index contributed by atoms with van der Waals surface area (Å²) in [5.41, 5.74) is 5.08. The Morgan fingerprint density at radius 2 is 2.00 bits per heavy atom. The molecule has 0 saturated carbocycles. The fraction of sp³-hybridized carbons (Fsp3) is 0.333. The number of benzene rings is 1. The molecule has 3 rings (SSSR count). The second-order valence-corrected chi connectivity index (χ2v) is 4.64. The van der Waals surface area contributed by atoms with Crippen molar-refractivity contribution in [2.24, 2.45) is 0 Å². The molecule has 0 N–H and O–H groups in total. The van der Waals surface area contributed by atoms with E-state index in [-0.39, 0.29) is 58.8 Å². The molecule has 0 unspecified atom stereocenters. The summed E-state index contributed by atoms with van der Waals surface area (Å²) in [6, 6.07) is 6.34. The maximum absolute atomic E-state index is 4.52. The van der Waals surface area contributed by atoms with Crippen molar-refractivity contribution in [2.75, 3.05) is 6.54 Å². The van der Waals surface area contributed by atoms with Gasteiger partial charge in [-0.05, 0) is 30.0 Å². The van der Waals surface area contributed by atoms with Crippen molar-refractivity contribution in [2.45, 2.75) is 26.2 Å². The van der Waals surface area contributed by atoms with Crippen LogP contribution in [0.5, 0.6) is 0 Å². The van der Waals surface area contributed by atoms with Crippen LogP contribution in [0.3, 0.4) is 0 Å². The third-order valence-electron chi connectivity index (χ3n) is 3.29. The molecule has 0 amide bonds. The Balaban J connectivity index is 0.000000810. The first-order chi connectivity index (χ1) is 7.77. The van der Waals surface area contributed by atoms with Gasteiger partial charge in [0, 0.05) is 11.6 Å². The summed E-state index contributed by atoms with van der Waals surface area (Å²) < 4.78 is 0. The molecule has 0 aliphatic carbocycles. The molecule has 0 spiro atoms. The molecule has 2 nitrogen and oxygen atoms in total. The Hall–Kier alpha value is 0.0664. The van der Waals surface area contributed by atoms with Crippen LogP contribution < -0.4 is 51.4 Å². The Bertz CT molecular complexity index is 549. The van der Waals surface area contributed by atoms with Crippen molar-refractivity contribution in [1.29, 1.82) is 0 Å². The zero-order valence-electron chi connectivity index (χ0n) is 11.7. The standard InChI is InChI=1S/C14H15N2.CH3.K/c1-9(2)10-5-7-16-13-4-3-12-11(14(10)13)6-8-15-12;;/h3-5,7,9H,6,8H2,1-2H3;1H3;/q2*-1;+1. The van der Waals surface area contributed by atoms with Gasteiger partial charge in [0.2, 0.25) is 0 Å². The normalized spacial score (nSPS) is 12.6.